The lowest BCUT2D eigenvalue weighted by atomic mass is 10.0. The molecule has 3 rings (SSSR count). The maximum absolute atomic E-state index is 12.6. The van der Waals surface area contributed by atoms with Gasteiger partial charge in [-0.25, -0.2) is 12.7 Å². The lowest BCUT2D eigenvalue weighted by molar-refractivity contribution is -0.130. The van der Waals surface area contributed by atoms with Crippen LogP contribution in [0.1, 0.15) is 25.3 Å². The van der Waals surface area contributed by atoms with Crippen molar-refractivity contribution in [2.45, 2.75) is 31.4 Å². The van der Waals surface area contributed by atoms with Crippen LogP contribution < -0.4 is 4.74 Å². The van der Waals surface area contributed by atoms with Gasteiger partial charge in [-0.15, -0.1) is 0 Å². The molecule has 0 aliphatic carbocycles. The second kappa shape index (κ2) is 7.33. The van der Waals surface area contributed by atoms with Crippen LogP contribution in [-0.2, 0) is 21.2 Å². The first-order valence-electron chi connectivity index (χ1n) is 8.85. The van der Waals surface area contributed by atoms with Crippen LogP contribution >= 0.6 is 0 Å². The number of likely N-dealkylation sites (tertiary alicyclic amines) is 1. The highest BCUT2D eigenvalue weighted by atomic mass is 32.2. The standard InChI is InChI=1S/C18H26N2O4S/c1-3-20-13-15-7-9-19(10-8-17(15)25(20,22)23)18(21)12-14-5-4-6-16(11-14)24-2/h4-6,11,15,17H,3,7-10,12-13H2,1-2H3/t15-,17-/m1/s1. The van der Waals surface area contributed by atoms with Gasteiger partial charge in [0.2, 0.25) is 15.9 Å². The van der Waals surface area contributed by atoms with Crippen molar-refractivity contribution >= 4 is 15.9 Å². The van der Waals surface area contributed by atoms with Crippen LogP contribution in [0.4, 0.5) is 0 Å². The average molecular weight is 366 g/mol. The molecule has 1 aromatic carbocycles. The van der Waals surface area contributed by atoms with E-state index in [1.807, 2.05) is 36.1 Å². The van der Waals surface area contributed by atoms with Gasteiger partial charge in [0.25, 0.3) is 0 Å². The van der Waals surface area contributed by atoms with Crippen molar-refractivity contribution in [3.8, 4) is 5.75 Å². The topological polar surface area (TPSA) is 66.9 Å². The highest BCUT2D eigenvalue weighted by molar-refractivity contribution is 7.90. The number of ether oxygens (including phenoxy) is 1. The summed E-state index contributed by atoms with van der Waals surface area (Å²) in [5.74, 6) is 0.930. The minimum Gasteiger partial charge on any atom is -0.497 e. The van der Waals surface area contributed by atoms with E-state index in [1.54, 1.807) is 11.4 Å². The summed E-state index contributed by atoms with van der Waals surface area (Å²) in [6, 6.07) is 7.51. The third-order valence-electron chi connectivity index (χ3n) is 5.35. The number of sulfonamides is 1. The van der Waals surface area contributed by atoms with Gasteiger partial charge in [0.15, 0.2) is 0 Å². The van der Waals surface area contributed by atoms with Gasteiger partial charge in [-0.3, -0.25) is 4.79 Å². The molecule has 2 fully saturated rings. The summed E-state index contributed by atoms with van der Waals surface area (Å²) in [6.45, 7) is 4.17. The molecule has 2 atom stereocenters. The van der Waals surface area contributed by atoms with Crippen LogP contribution in [0.3, 0.4) is 0 Å². The Morgan fingerprint density at radius 1 is 1.28 bits per heavy atom. The fourth-order valence-corrected chi connectivity index (χ4v) is 6.18. The third-order valence-corrected chi connectivity index (χ3v) is 7.87. The van der Waals surface area contributed by atoms with Gasteiger partial charge < -0.3 is 9.64 Å². The Kier molecular flexibility index (Phi) is 5.34. The summed E-state index contributed by atoms with van der Waals surface area (Å²) < 4.78 is 31.9. The number of benzene rings is 1. The molecule has 2 heterocycles. The molecule has 7 heteroatoms. The Morgan fingerprint density at radius 2 is 2.04 bits per heavy atom. The first-order valence-corrected chi connectivity index (χ1v) is 10.4. The van der Waals surface area contributed by atoms with Gasteiger partial charge >= 0.3 is 0 Å². The molecular formula is C18H26N2O4S. The van der Waals surface area contributed by atoms with Gasteiger partial charge in [-0.2, -0.15) is 0 Å². The normalized spacial score (nSPS) is 26.1. The Balaban J connectivity index is 1.65. The van der Waals surface area contributed by atoms with E-state index in [9.17, 15) is 13.2 Å². The first kappa shape index (κ1) is 18.2. The van der Waals surface area contributed by atoms with E-state index in [0.29, 0.717) is 39.0 Å². The summed E-state index contributed by atoms with van der Waals surface area (Å²) >= 11 is 0. The Labute approximate surface area is 149 Å². The smallest absolute Gasteiger partial charge is 0.226 e. The van der Waals surface area contributed by atoms with E-state index in [4.69, 9.17) is 4.74 Å². The second-order valence-electron chi connectivity index (χ2n) is 6.78. The highest BCUT2D eigenvalue weighted by Gasteiger charge is 2.46. The SMILES string of the molecule is CCN1C[C@H]2CCN(C(=O)Cc3cccc(OC)c3)CC[C@H]2S1(=O)=O. The lowest BCUT2D eigenvalue weighted by Crippen LogP contribution is -2.35. The Hall–Kier alpha value is -1.60. The molecule has 2 saturated heterocycles. The molecule has 2 aliphatic heterocycles. The second-order valence-corrected chi connectivity index (χ2v) is 8.93. The summed E-state index contributed by atoms with van der Waals surface area (Å²) in [4.78, 5) is 14.5. The first-order chi connectivity index (χ1) is 12.0. The number of methoxy groups -OCH3 is 1. The van der Waals surface area contributed by atoms with Crippen LogP contribution in [0.15, 0.2) is 24.3 Å². The fourth-order valence-electron chi connectivity index (χ4n) is 3.92. The number of fused-ring (bicyclic) bond motifs is 1. The third kappa shape index (κ3) is 3.67. The summed E-state index contributed by atoms with van der Waals surface area (Å²) in [5, 5.41) is -0.331. The van der Waals surface area contributed by atoms with E-state index in [0.717, 1.165) is 17.7 Å². The maximum atomic E-state index is 12.6. The van der Waals surface area contributed by atoms with Crippen molar-refractivity contribution in [1.82, 2.24) is 9.21 Å². The van der Waals surface area contributed by atoms with Crippen LogP contribution in [-0.4, -0.2) is 62.1 Å². The molecule has 0 N–H and O–H groups in total. The predicted molar refractivity (Wildman–Crippen MR) is 96.0 cm³/mol. The number of amides is 1. The summed E-state index contributed by atoms with van der Waals surface area (Å²) in [7, 11) is -1.59. The quantitative estimate of drug-likeness (QED) is 0.810. The lowest BCUT2D eigenvalue weighted by Gasteiger charge is -2.22. The van der Waals surface area contributed by atoms with E-state index in [1.165, 1.54) is 0 Å². The molecule has 0 radical (unpaired) electrons. The van der Waals surface area contributed by atoms with Crippen molar-refractivity contribution in [3.05, 3.63) is 29.8 Å². The van der Waals surface area contributed by atoms with Gasteiger partial charge in [-0.1, -0.05) is 19.1 Å². The van der Waals surface area contributed by atoms with Gasteiger partial charge in [0, 0.05) is 26.2 Å². The number of carbonyl (C=O) groups is 1. The van der Waals surface area contributed by atoms with Crippen molar-refractivity contribution in [2.24, 2.45) is 5.92 Å². The van der Waals surface area contributed by atoms with Crippen molar-refractivity contribution in [1.29, 1.82) is 0 Å². The molecular weight excluding hydrogens is 340 g/mol. The molecule has 25 heavy (non-hydrogen) atoms. The minimum atomic E-state index is -3.20. The van der Waals surface area contributed by atoms with Gasteiger partial charge in [0.05, 0.1) is 18.8 Å². The molecule has 6 nitrogen and oxygen atoms in total. The van der Waals surface area contributed by atoms with Gasteiger partial charge in [-0.05, 0) is 36.5 Å². The zero-order valence-electron chi connectivity index (χ0n) is 14.8. The van der Waals surface area contributed by atoms with Crippen LogP contribution in [0.25, 0.3) is 0 Å². The van der Waals surface area contributed by atoms with Crippen LogP contribution in [0.2, 0.25) is 0 Å². The molecule has 0 bridgehead atoms. The van der Waals surface area contributed by atoms with Crippen molar-refractivity contribution in [2.75, 3.05) is 33.3 Å². The number of rotatable bonds is 4. The predicted octanol–water partition coefficient (Wildman–Crippen LogP) is 1.51. The van der Waals surface area contributed by atoms with Gasteiger partial charge in [0.1, 0.15) is 5.75 Å². The zero-order chi connectivity index (χ0) is 18.0. The molecule has 1 aromatic rings. The summed E-state index contributed by atoms with van der Waals surface area (Å²) in [5.41, 5.74) is 0.915. The summed E-state index contributed by atoms with van der Waals surface area (Å²) in [6.07, 6.45) is 1.61. The van der Waals surface area contributed by atoms with Crippen LogP contribution in [0.5, 0.6) is 5.75 Å². The Bertz CT molecular complexity index is 734. The number of carbonyl (C=O) groups excluding carboxylic acids is 1. The van der Waals surface area contributed by atoms with E-state index in [2.05, 4.69) is 0 Å². The molecule has 138 valence electrons. The monoisotopic (exact) mass is 366 g/mol. The van der Waals surface area contributed by atoms with Crippen molar-refractivity contribution in [3.63, 3.8) is 0 Å². The van der Waals surface area contributed by atoms with E-state index >= 15 is 0 Å². The molecule has 0 aromatic heterocycles. The molecule has 0 saturated carbocycles. The minimum absolute atomic E-state index is 0.0537. The number of hydrogen-bond acceptors (Lipinski definition) is 4. The van der Waals surface area contributed by atoms with Crippen LogP contribution in [0, 0.1) is 5.92 Å². The molecule has 2 aliphatic rings. The average Bonchev–Trinajstić information content (AvgIpc) is 2.75. The molecule has 0 spiro atoms. The molecule has 0 unspecified atom stereocenters. The van der Waals surface area contributed by atoms with E-state index < -0.39 is 10.0 Å². The molecule has 1 amide bonds. The fraction of sp³-hybridized carbons (Fsp3) is 0.611. The maximum Gasteiger partial charge on any atom is 0.226 e. The largest absolute Gasteiger partial charge is 0.497 e. The van der Waals surface area contributed by atoms with Crippen molar-refractivity contribution < 1.29 is 17.9 Å². The number of hydrogen-bond donors (Lipinski definition) is 0. The van der Waals surface area contributed by atoms with E-state index in [-0.39, 0.29) is 17.1 Å². The Morgan fingerprint density at radius 3 is 2.76 bits per heavy atom. The zero-order valence-corrected chi connectivity index (χ0v) is 15.7. The highest BCUT2D eigenvalue weighted by Crippen LogP contribution is 2.34. The number of nitrogens with zero attached hydrogens (tertiary/aromatic N) is 2.